The van der Waals surface area contributed by atoms with Crippen LogP contribution < -0.4 is 15.5 Å². The minimum Gasteiger partial charge on any atom is -0.508 e. The molecule has 0 aliphatic carbocycles. The Morgan fingerprint density at radius 1 is 1.07 bits per heavy atom. The van der Waals surface area contributed by atoms with Gasteiger partial charge in [0.25, 0.3) is 0 Å². The Hall–Kier alpha value is -5.13. The summed E-state index contributed by atoms with van der Waals surface area (Å²) in [5.41, 5.74) is 0.00988. The Kier molecular flexibility index (Phi) is 9.20. The summed E-state index contributed by atoms with van der Waals surface area (Å²) in [7, 11) is 0. The number of aromatic hydroxyl groups is 1. The number of fused-ring (bicyclic) bond motifs is 4. The lowest BCUT2D eigenvalue weighted by molar-refractivity contribution is 0.107. The maximum absolute atomic E-state index is 17.5. The van der Waals surface area contributed by atoms with Gasteiger partial charge in [0.2, 0.25) is 0 Å². The molecular weight excluding hydrogens is 725 g/mol. The lowest BCUT2D eigenvalue weighted by Gasteiger charge is -2.47. The van der Waals surface area contributed by atoms with Gasteiger partial charge in [-0.15, -0.1) is 6.42 Å². The molecular formula is C42H43F3N6O5. The highest BCUT2D eigenvalue weighted by Crippen LogP contribution is 2.44. The first kappa shape index (κ1) is 36.5. The Morgan fingerprint density at radius 3 is 2.71 bits per heavy atom. The molecule has 11 nitrogen and oxygen atoms in total. The molecule has 4 atom stereocenters. The number of hydrogen-bond donors (Lipinski definition) is 1. The van der Waals surface area contributed by atoms with Gasteiger partial charge in [-0.3, -0.25) is 9.80 Å². The average Bonchev–Trinajstić information content (AvgIpc) is 3.84. The van der Waals surface area contributed by atoms with Gasteiger partial charge >= 0.3 is 11.8 Å². The maximum Gasteiger partial charge on any atom is 0.519 e. The molecule has 56 heavy (non-hydrogen) atoms. The minimum atomic E-state index is -0.958. The fourth-order valence-corrected chi connectivity index (χ4v) is 9.75. The molecule has 4 aliphatic rings. The van der Waals surface area contributed by atoms with Crippen molar-refractivity contribution in [3.05, 3.63) is 69.3 Å². The van der Waals surface area contributed by atoms with Crippen LogP contribution >= 0.6 is 0 Å². The lowest BCUT2D eigenvalue weighted by atomic mass is 9.93. The molecule has 0 amide bonds. The average molecular weight is 769 g/mol. The number of anilines is 1. The zero-order valence-corrected chi connectivity index (χ0v) is 31.4. The number of nitrogens with zero attached hydrogens (tertiary/aromatic N) is 6. The van der Waals surface area contributed by atoms with Crippen molar-refractivity contribution in [1.29, 1.82) is 0 Å². The summed E-state index contributed by atoms with van der Waals surface area (Å²) in [6, 6.07) is 5.44. The molecule has 3 fully saturated rings. The molecule has 0 spiro atoms. The Morgan fingerprint density at radius 2 is 1.91 bits per heavy atom. The monoisotopic (exact) mass is 768 g/mol. The minimum absolute atomic E-state index is 0.00662. The molecule has 0 radical (unpaired) electrons. The second-order valence-corrected chi connectivity index (χ2v) is 15.6. The Balaban J connectivity index is 1.20. The molecule has 5 aromatic rings. The van der Waals surface area contributed by atoms with Gasteiger partial charge in [-0.2, -0.15) is 9.97 Å². The van der Waals surface area contributed by atoms with Crippen molar-refractivity contribution in [2.75, 3.05) is 37.7 Å². The van der Waals surface area contributed by atoms with Crippen LogP contribution in [-0.4, -0.2) is 86.4 Å². The molecule has 0 unspecified atom stereocenters. The van der Waals surface area contributed by atoms with Crippen LogP contribution in [0.2, 0.25) is 0 Å². The van der Waals surface area contributed by atoms with Gasteiger partial charge in [0, 0.05) is 55.5 Å². The predicted octanol–water partition coefficient (Wildman–Crippen LogP) is 6.68. The lowest BCUT2D eigenvalue weighted by Crippen LogP contribution is -2.58. The Labute approximate surface area is 321 Å². The van der Waals surface area contributed by atoms with Crippen molar-refractivity contribution in [1.82, 2.24) is 24.8 Å². The second kappa shape index (κ2) is 14.1. The molecule has 3 aromatic heterocycles. The SMILES string of the molecule is C#Cc1c(F)ccc2cc(O)cc(-c3nc4c5c(nc(OC[C@@]67CCCN6C[C@H](F)C7)nc5c3F)N3C[C@@H](CC)N(Cc5oc(=O)oc5CC)C[C@H]3CCC4)c12. The van der Waals surface area contributed by atoms with E-state index >= 15 is 8.78 Å². The smallest absolute Gasteiger partial charge is 0.508 e. The van der Waals surface area contributed by atoms with Crippen LogP contribution in [0.4, 0.5) is 19.0 Å². The molecule has 4 aliphatic heterocycles. The summed E-state index contributed by atoms with van der Waals surface area (Å²) in [5, 5.41) is 11.9. The van der Waals surface area contributed by atoms with Gasteiger partial charge in [-0.25, -0.2) is 22.9 Å². The molecule has 7 heterocycles. The summed E-state index contributed by atoms with van der Waals surface area (Å²) in [4.78, 5) is 33.4. The number of rotatable bonds is 8. The van der Waals surface area contributed by atoms with E-state index in [1.807, 2.05) is 6.92 Å². The number of pyridine rings is 1. The molecule has 0 saturated carbocycles. The molecule has 1 N–H and O–H groups in total. The topological polar surface area (TPSA) is 121 Å². The number of hydrogen-bond acceptors (Lipinski definition) is 11. The van der Waals surface area contributed by atoms with E-state index in [0.29, 0.717) is 85.7 Å². The number of benzene rings is 2. The fourth-order valence-electron chi connectivity index (χ4n) is 9.75. The normalized spacial score (nSPS) is 23.9. The van der Waals surface area contributed by atoms with Crippen LogP contribution in [0.25, 0.3) is 32.9 Å². The van der Waals surface area contributed by atoms with E-state index in [0.717, 1.165) is 32.2 Å². The zero-order chi connectivity index (χ0) is 38.9. The number of halogens is 3. The van der Waals surface area contributed by atoms with E-state index < -0.39 is 29.2 Å². The third-order valence-corrected chi connectivity index (χ3v) is 12.4. The van der Waals surface area contributed by atoms with E-state index in [1.165, 1.54) is 24.3 Å². The number of phenolic OH excluding ortho intramolecular Hbond substituents is 1. The number of aryl methyl sites for hydroxylation is 2. The van der Waals surface area contributed by atoms with Gasteiger partial charge in [-0.1, -0.05) is 25.8 Å². The zero-order valence-electron chi connectivity index (χ0n) is 31.4. The second-order valence-electron chi connectivity index (χ2n) is 15.6. The highest BCUT2D eigenvalue weighted by atomic mass is 19.1. The van der Waals surface area contributed by atoms with Crippen LogP contribution in [0.3, 0.4) is 0 Å². The summed E-state index contributed by atoms with van der Waals surface area (Å²) >= 11 is 0. The van der Waals surface area contributed by atoms with E-state index in [2.05, 4.69) is 27.5 Å². The number of ether oxygens (including phenoxy) is 1. The van der Waals surface area contributed by atoms with E-state index in [-0.39, 0.29) is 58.2 Å². The van der Waals surface area contributed by atoms with E-state index in [1.54, 1.807) is 0 Å². The first-order valence-electron chi connectivity index (χ1n) is 19.6. The molecule has 9 rings (SSSR count). The highest BCUT2D eigenvalue weighted by Gasteiger charge is 2.49. The molecule has 14 heteroatoms. The van der Waals surface area contributed by atoms with Gasteiger partial charge in [-0.05, 0) is 68.7 Å². The maximum atomic E-state index is 17.5. The quantitative estimate of drug-likeness (QED) is 0.170. The first-order chi connectivity index (χ1) is 27.1. The number of alkyl halides is 1. The molecule has 292 valence electrons. The van der Waals surface area contributed by atoms with Crippen LogP contribution in [0.5, 0.6) is 11.8 Å². The standard InChI is InChI=1S/C42H43F3N6O5/c1-4-25-20-51-26(19-49(25)21-33-32(6-3)55-41(53)56-33)9-7-10-31-35-38(47-40(48-39(35)51)54-22-42-13-8-14-50(42)18-24(43)17-42)36(45)37(46-31)29-16-27(52)15-23-11-12-30(44)28(5-2)34(23)29/h2,11-12,15-16,24-26,52H,4,6-10,13-14,17-22H2,1,3H3/t24-,25-,26-,42+/m1/s1. The largest absolute Gasteiger partial charge is 0.519 e. The van der Waals surface area contributed by atoms with Gasteiger partial charge in [0.05, 0.1) is 28.7 Å². The number of piperazine rings is 1. The van der Waals surface area contributed by atoms with Crippen molar-refractivity contribution in [3.8, 4) is 35.4 Å². The number of aromatic nitrogens is 3. The fraction of sp³-hybridized carbons (Fsp3) is 0.476. The van der Waals surface area contributed by atoms with Gasteiger partial charge < -0.3 is 23.6 Å². The molecule has 2 aromatic carbocycles. The van der Waals surface area contributed by atoms with E-state index in [4.69, 9.17) is 34.9 Å². The molecule has 3 saturated heterocycles. The number of phenols is 1. The van der Waals surface area contributed by atoms with Crippen molar-refractivity contribution in [2.45, 2.75) is 95.6 Å². The molecule has 0 bridgehead atoms. The highest BCUT2D eigenvalue weighted by molar-refractivity contribution is 6.03. The van der Waals surface area contributed by atoms with Gasteiger partial charge in [0.15, 0.2) is 17.3 Å². The van der Waals surface area contributed by atoms with Crippen LogP contribution in [0, 0.1) is 24.0 Å². The number of terminal acetylenes is 1. The predicted molar refractivity (Wildman–Crippen MR) is 204 cm³/mol. The summed E-state index contributed by atoms with van der Waals surface area (Å²) in [6.45, 7) is 6.86. The van der Waals surface area contributed by atoms with Crippen LogP contribution in [0.15, 0.2) is 37.9 Å². The van der Waals surface area contributed by atoms with Crippen LogP contribution in [-0.2, 0) is 19.4 Å². The summed E-state index contributed by atoms with van der Waals surface area (Å²) in [6.07, 6.45) is 10.1. The van der Waals surface area contributed by atoms with Crippen molar-refractivity contribution < 1.29 is 31.8 Å². The first-order valence-corrected chi connectivity index (χ1v) is 19.6. The van der Waals surface area contributed by atoms with Crippen molar-refractivity contribution >= 4 is 27.5 Å². The Bertz CT molecular complexity index is 2460. The van der Waals surface area contributed by atoms with Crippen molar-refractivity contribution in [2.24, 2.45) is 0 Å². The third kappa shape index (κ3) is 6.07. The van der Waals surface area contributed by atoms with Gasteiger partial charge in [0.1, 0.15) is 41.4 Å². The van der Waals surface area contributed by atoms with E-state index in [9.17, 15) is 14.3 Å². The summed E-state index contributed by atoms with van der Waals surface area (Å²) in [5.74, 6) is 1.66. The van der Waals surface area contributed by atoms with Crippen LogP contribution in [0.1, 0.15) is 75.2 Å². The van der Waals surface area contributed by atoms with Crippen molar-refractivity contribution in [3.63, 3.8) is 0 Å². The third-order valence-electron chi connectivity index (χ3n) is 12.4. The summed E-state index contributed by atoms with van der Waals surface area (Å²) < 4.78 is 64.6.